The molecule has 3 nitrogen and oxygen atoms in total. The van der Waals surface area contributed by atoms with E-state index in [0.717, 1.165) is 29.2 Å². The molecule has 0 amide bonds. The third kappa shape index (κ3) is 1.95. The maximum atomic E-state index is 4.60. The summed E-state index contributed by atoms with van der Waals surface area (Å²) in [6, 6.07) is 8.23. The zero-order chi connectivity index (χ0) is 10.8. The number of aryl methyl sites for hydroxylation is 1. The number of fused-ring (bicyclic) bond motifs is 1. The van der Waals surface area contributed by atoms with Crippen molar-refractivity contribution >= 4 is 11.0 Å². The van der Waals surface area contributed by atoms with Gasteiger partial charge in [-0.25, -0.2) is 4.98 Å². The van der Waals surface area contributed by atoms with E-state index in [9.17, 15) is 0 Å². The Balaban J connectivity index is 1.69. The van der Waals surface area contributed by atoms with Crippen molar-refractivity contribution in [3.63, 3.8) is 0 Å². The second-order valence-corrected chi connectivity index (χ2v) is 4.60. The fourth-order valence-electron chi connectivity index (χ4n) is 2.43. The van der Waals surface area contributed by atoms with Gasteiger partial charge in [0.1, 0.15) is 5.82 Å². The van der Waals surface area contributed by atoms with Gasteiger partial charge in [0.2, 0.25) is 0 Å². The first-order chi connectivity index (χ1) is 7.92. The highest BCUT2D eigenvalue weighted by Gasteiger charge is 2.14. The molecule has 2 aromatic rings. The van der Waals surface area contributed by atoms with E-state index in [0.29, 0.717) is 0 Å². The van der Waals surface area contributed by atoms with Crippen LogP contribution >= 0.6 is 0 Å². The van der Waals surface area contributed by atoms with E-state index in [2.05, 4.69) is 27.4 Å². The number of imidazole rings is 1. The van der Waals surface area contributed by atoms with Crippen LogP contribution in [0.2, 0.25) is 0 Å². The van der Waals surface area contributed by atoms with Crippen LogP contribution in [-0.4, -0.2) is 23.1 Å². The van der Waals surface area contributed by atoms with Crippen molar-refractivity contribution in [3.05, 3.63) is 30.1 Å². The summed E-state index contributed by atoms with van der Waals surface area (Å²) in [6.07, 6.45) is 3.63. The van der Waals surface area contributed by atoms with Gasteiger partial charge in [0.15, 0.2) is 0 Å². The Bertz CT molecular complexity index is 436. The van der Waals surface area contributed by atoms with Gasteiger partial charge in [-0.1, -0.05) is 12.1 Å². The maximum Gasteiger partial charge on any atom is 0.107 e. The molecule has 84 valence electrons. The maximum absolute atomic E-state index is 4.60. The normalized spacial score (nSPS) is 20.6. The van der Waals surface area contributed by atoms with Crippen molar-refractivity contribution < 1.29 is 0 Å². The predicted molar refractivity (Wildman–Crippen MR) is 65.4 cm³/mol. The minimum Gasteiger partial charge on any atom is -0.342 e. The number of aromatic amines is 1. The molecule has 1 atom stereocenters. The summed E-state index contributed by atoms with van der Waals surface area (Å²) in [6.45, 7) is 2.37. The molecule has 0 aliphatic carbocycles. The SMILES string of the molecule is c1ccc2[nH]c(CCC3CCNC3)nc2c1. The van der Waals surface area contributed by atoms with E-state index in [-0.39, 0.29) is 0 Å². The van der Waals surface area contributed by atoms with Crippen LogP contribution in [0.5, 0.6) is 0 Å². The average Bonchev–Trinajstić information content (AvgIpc) is 2.95. The monoisotopic (exact) mass is 215 g/mol. The minimum atomic E-state index is 0.841. The summed E-state index contributed by atoms with van der Waals surface area (Å²) in [4.78, 5) is 7.99. The number of nitrogens with zero attached hydrogens (tertiary/aromatic N) is 1. The molecule has 1 unspecified atom stereocenters. The molecule has 1 aromatic carbocycles. The first kappa shape index (κ1) is 9.85. The number of H-pyrrole nitrogens is 1. The standard InChI is InChI=1S/C13H17N3/c1-2-4-12-11(3-1)15-13(16-12)6-5-10-7-8-14-9-10/h1-4,10,14H,5-9H2,(H,15,16). The van der Waals surface area contributed by atoms with Crippen molar-refractivity contribution in [2.75, 3.05) is 13.1 Å². The lowest BCUT2D eigenvalue weighted by atomic mass is 10.0. The topological polar surface area (TPSA) is 40.7 Å². The third-order valence-corrected chi connectivity index (χ3v) is 3.39. The largest absolute Gasteiger partial charge is 0.342 e. The van der Waals surface area contributed by atoms with Crippen LogP contribution in [0.3, 0.4) is 0 Å². The molecule has 1 saturated heterocycles. The Morgan fingerprint density at radius 3 is 3.06 bits per heavy atom. The molecule has 1 aliphatic heterocycles. The average molecular weight is 215 g/mol. The number of aromatic nitrogens is 2. The van der Waals surface area contributed by atoms with E-state index >= 15 is 0 Å². The fraction of sp³-hybridized carbons (Fsp3) is 0.462. The molecule has 1 aliphatic rings. The van der Waals surface area contributed by atoms with Gasteiger partial charge in [0.05, 0.1) is 11.0 Å². The Labute approximate surface area is 95.3 Å². The summed E-state index contributed by atoms with van der Waals surface area (Å²) in [5.41, 5.74) is 2.24. The molecule has 0 saturated carbocycles. The van der Waals surface area contributed by atoms with Crippen molar-refractivity contribution in [1.82, 2.24) is 15.3 Å². The summed E-state index contributed by atoms with van der Waals surface area (Å²) in [5, 5.41) is 3.40. The first-order valence-electron chi connectivity index (χ1n) is 6.06. The smallest absolute Gasteiger partial charge is 0.107 e. The van der Waals surface area contributed by atoms with Crippen LogP contribution in [0.15, 0.2) is 24.3 Å². The van der Waals surface area contributed by atoms with Crippen molar-refractivity contribution in [1.29, 1.82) is 0 Å². The van der Waals surface area contributed by atoms with E-state index in [4.69, 9.17) is 0 Å². The van der Waals surface area contributed by atoms with E-state index < -0.39 is 0 Å². The molecule has 2 N–H and O–H groups in total. The number of benzene rings is 1. The van der Waals surface area contributed by atoms with Crippen LogP contribution in [0.25, 0.3) is 11.0 Å². The Morgan fingerprint density at radius 1 is 1.31 bits per heavy atom. The summed E-state index contributed by atoms with van der Waals surface area (Å²) in [5.74, 6) is 1.97. The Kier molecular flexibility index (Phi) is 2.62. The molecule has 0 bridgehead atoms. The lowest BCUT2D eigenvalue weighted by molar-refractivity contribution is 0.526. The Morgan fingerprint density at radius 2 is 2.25 bits per heavy atom. The quantitative estimate of drug-likeness (QED) is 0.823. The molecule has 3 heteroatoms. The molecule has 0 spiro atoms. The van der Waals surface area contributed by atoms with Gasteiger partial charge < -0.3 is 10.3 Å². The third-order valence-electron chi connectivity index (χ3n) is 3.39. The number of rotatable bonds is 3. The van der Waals surface area contributed by atoms with Crippen LogP contribution < -0.4 is 5.32 Å². The van der Waals surface area contributed by atoms with Crippen LogP contribution in [0, 0.1) is 5.92 Å². The highest BCUT2D eigenvalue weighted by Crippen LogP contribution is 2.16. The number of nitrogens with one attached hydrogen (secondary N) is 2. The van der Waals surface area contributed by atoms with Crippen LogP contribution in [-0.2, 0) is 6.42 Å². The summed E-state index contributed by atoms with van der Waals surface area (Å²) < 4.78 is 0. The van der Waals surface area contributed by atoms with Crippen LogP contribution in [0.1, 0.15) is 18.7 Å². The highest BCUT2D eigenvalue weighted by atomic mass is 14.9. The molecule has 0 radical (unpaired) electrons. The van der Waals surface area contributed by atoms with Crippen LogP contribution in [0.4, 0.5) is 0 Å². The lowest BCUT2D eigenvalue weighted by Gasteiger charge is -2.05. The van der Waals surface area contributed by atoms with Gasteiger partial charge in [-0.2, -0.15) is 0 Å². The highest BCUT2D eigenvalue weighted by molar-refractivity contribution is 5.74. The second-order valence-electron chi connectivity index (χ2n) is 4.60. The Hall–Kier alpha value is -1.35. The zero-order valence-electron chi connectivity index (χ0n) is 9.37. The van der Waals surface area contributed by atoms with Gasteiger partial charge in [-0.05, 0) is 44.0 Å². The number of para-hydroxylation sites is 2. The summed E-state index contributed by atoms with van der Waals surface area (Å²) >= 11 is 0. The van der Waals surface area contributed by atoms with Gasteiger partial charge in [-0.3, -0.25) is 0 Å². The number of hydrogen-bond acceptors (Lipinski definition) is 2. The molecular formula is C13H17N3. The van der Waals surface area contributed by atoms with E-state index in [1.54, 1.807) is 0 Å². The van der Waals surface area contributed by atoms with Crippen molar-refractivity contribution in [3.8, 4) is 0 Å². The summed E-state index contributed by atoms with van der Waals surface area (Å²) in [7, 11) is 0. The van der Waals surface area contributed by atoms with Crippen molar-refractivity contribution in [2.24, 2.45) is 5.92 Å². The lowest BCUT2D eigenvalue weighted by Crippen LogP contribution is -2.09. The predicted octanol–water partition coefficient (Wildman–Crippen LogP) is 2.10. The number of hydrogen-bond donors (Lipinski definition) is 2. The molecule has 1 aromatic heterocycles. The van der Waals surface area contributed by atoms with Gasteiger partial charge in [-0.15, -0.1) is 0 Å². The molecule has 1 fully saturated rings. The zero-order valence-corrected chi connectivity index (χ0v) is 9.37. The van der Waals surface area contributed by atoms with Gasteiger partial charge >= 0.3 is 0 Å². The molecule has 2 heterocycles. The van der Waals surface area contributed by atoms with E-state index in [1.807, 2.05) is 12.1 Å². The molecular weight excluding hydrogens is 198 g/mol. The second kappa shape index (κ2) is 4.26. The van der Waals surface area contributed by atoms with Gasteiger partial charge in [0.25, 0.3) is 0 Å². The van der Waals surface area contributed by atoms with E-state index in [1.165, 1.54) is 25.9 Å². The molecule has 16 heavy (non-hydrogen) atoms. The van der Waals surface area contributed by atoms with Gasteiger partial charge in [0, 0.05) is 6.42 Å². The fourth-order valence-corrected chi connectivity index (χ4v) is 2.43. The first-order valence-corrected chi connectivity index (χ1v) is 6.06. The minimum absolute atomic E-state index is 0.841. The molecule has 3 rings (SSSR count). The van der Waals surface area contributed by atoms with Crippen molar-refractivity contribution in [2.45, 2.75) is 19.3 Å².